The number of anilines is 1. The van der Waals surface area contributed by atoms with Gasteiger partial charge < -0.3 is 20.5 Å². The summed E-state index contributed by atoms with van der Waals surface area (Å²) >= 11 is 0. The number of hydrogen-bond donors (Lipinski definition) is 3. The standard InChI is InChI=1S/C20H22N2O3/c1-2-14-25-19-5-3-4-16(15-19)6-11-20(24)22-13-12-21-17-7-9-18(23)10-8-17/h2-11,15,21,23H,1,12-14H2,(H,22,24)/b11-6+. The topological polar surface area (TPSA) is 70.6 Å². The summed E-state index contributed by atoms with van der Waals surface area (Å²) < 4.78 is 5.46. The zero-order valence-electron chi connectivity index (χ0n) is 13.9. The van der Waals surface area contributed by atoms with Gasteiger partial charge in [-0.25, -0.2) is 0 Å². The largest absolute Gasteiger partial charge is 0.508 e. The van der Waals surface area contributed by atoms with Gasteiger partial charge in [0.15, 0.2) is 0 Å². The van der Waals surface area contributed by atoms with E-state index in [9.17, 15) is 9.90 Å². The maximum atomic E-state index is 11.8. The molecule has 0 heterocycles. The molecule has 5 nitrogen and oxygen atoms in total. The predicted molar refractivity (Wildman–Crippen MR) is 101 cm³/mol. The van der Waals surface area contributed by atoms with Crippen LogP contribution in [0.15, 0.2) is 67.3 Å². The molecule has 0 atom stereocenters. The Morgan fingerprint density at radius 3 is 2.72 bits per heavy atom. The fraction of sp³-hybridized carbons (Fsp3) is 0.150. The molecule has 3 N–H and O–H groups in total. The first-order valence-electron chi connectivity index (χ1n) is 8.00. The predicted octanol–water partition coefficient (Wildman–Crippen LogP) is 3.20. The van der Waals surface area contributed by atoms with Crippen LogP contribution in [-0.4, -0.2) is 30.7 Å². The number of rotatable bonds is 9. The van der Waals surface area contributed by atoms with Crippen LogP contribution in [0.3, 0.4) is 0 Å². The van der Waals surface area contributed by atoms with Crippen LogP contribution < -0.4 is 15.4 Å². The van der Waals surface area contributed by atoms with Crippen molar-refractivity contribution in [3.8, 4) is 11.5 Å². The molecule has 0 aliphatic carbocycles. The van der Waals surface area contributed by atoms with E-state index in [4.69, 9.17) is 4.74 Å². The Morgan fingerprint density at radius 2 is 1.96 bits per heavy atom. The number of amides is 1. The molecule has 0 saturated heterocycles. The van der Waals surface area contributed by atoms with E-state index < -0.39 is 0 Å². The van der Waals surface area contributed by atoms with Gasteiger partial charge in [-0.05, 0) is 48.0 Å². The van der Waals surface area contributed by atoms with E-state index in [1.807, 2.05) is 24.3 Å². The molecule has 0 aliphatic rings. The summed E-state index contributed by atoms with van der Waals surface area (Å²) in [4.78, 5) is 11.8. The lowest BCUT2D eigenvalue weighted by Crippen LogP contribution is -2.27. The van der Waals surface area contributed by atoms with E-state index >= 15 is 0 Å². The van der Waals surface area contributed by atoms with E-state index in [0.717, 1.165) is 17.0 Å². The number of carbonyl (C=O) groups is 1. The third kappa shape index (κ3) is 6.83. The zero-order valence-corrected chi connectivity index (χ0v) is 13.9. The number of nitrogens with one attached hydrogen (secondary N) is 2. The highest BCUT2D eigenvalue weighted by atomic mass is 16.5. The second-order valence-electron chi connectivity index (χ2n) is 5.27. The summed E-state index contributed by atoms with van der Waals surface area (Å²) in [5.74, 6) is 0.799. The summed E-state index contributed by atoms with van der Waals surface area (Å²) in [5, 5.41) is 15.2. The third-order valence-electron chi connectivity index (χ3n) is 3.27. The number of ether oxygens (including phenoxy) is 1. The Morgan fingerprint density at radius 1 is 1.16 bits per heavy atom. The smallest absolute Gasteiger partial charge is 0.244 e. The van der Waals surface area contributed by atoms with Gasteiger partial charge in [0.05, 0.1) is 0 Å². The number of aromatic hydroxyl groups is 1. The van der Waals surface area contributed by atoms with Crippen LogP contribution in [-0.2, 0) is 4.79 Å². The Labute approximate surface area is 147 Å². The molecule has 0 aromatic heterocycles. The monoisotopic (exact) mass is 338 g/mol. The highest BCUT2D eigenvalue weighted by Gasteiger charge is 1.97. The first kappa shape index (κ1) is 18.1. The maximum Gasteiger partial charge on any atom is 0.244 e. The molecular formula is C20H22N2O3. The van der Waals surface area contributed by atoms with Gasteiger partial charge in [0.25, 0.3) is 0 Å². The molecule has 1 amide bonds. The molecule has 0 aliphatic heterocycles. The fourth-order valence-electron chi connectivity index (χ4n) is 2.07. The van der Waals surface area contributed by atoms with Crippen LogP contribution in [0.4, 0.5) is 5.69 Å². The molecule has 2 aromatic rings. The summed E-state index contributed by atoms with van der Waals surface area (Å²) in [5.41, 5.74) is 1.78. The molecule has 0 fully saturated rings. The number of phenolic OH excluding ortho intramolecular Hbond substituents is 1. The third-order valence-corrected chi connectivity index (χ3v) is 3.27. The zero-order chi connectivity index (χ0) is 17.9. The van der Waals surface area contributed by atoms with Gasteiger partial charge in [-0.15, -0.1) is 0 Å². The van der Waals surface area contributed by atoms with E-state index in [1.165, 1.54) is 6.08 Å². The highest BCUT2D eigenvalue weighted by Crippen LogP contribution is 2.14. The second-order valence-corrected chi connectivity index (χ2v) is 5.27. The minimum absolute atomic E-state index is 0.162. The van der Waals surface area contributed by atoms with Crippen LogP contribution in [0, 0.1) is 0 Å². The molecular weight excluding hydrogens is 316 g/mol. The van der Waals surface area contributed by atoms with Gasteiger partial charge in [-0.2, -0.15) is 0 Å². The van der Waals surface area contributed by atoms with Crippen LogP contribution in [0.1, 0.15) is 5.56 Å². The average Bonchev–Trinajstić information content (AvgIpc) is 2.63. The van der Waals surface area contributed by atoms with Gasteiger partial charge in [0.2, 0.25) is 5.91 Å². The van der Waals surface area contributed by atoms with Crippen LogP contribution in [0.25, 0.3) is 6.08 Å². The molecule has 2 rings (SSSR count). The Bertz CT molecular complexity index is 724. The Kier molecular flexibility index (Phi) is 7.13. The number of carbonyl (C=O) groups excluding carboxylic acids is 1. The highest BCUT2D eigenvalue weighted by molar-refractivity contribution is 5.91. The maximum absolute atomic E-state index is 11.8. The number of benzene rings is 2. The first-order chi connectivity index (χ1) is 12.2. The molecule has 0 spiro atoms. The van der Waals surface area contributed by atoms with Crippen molar-refractivity contribution in [2.24, 2.45) is 0 Å². The van der Waals surface area contributed by atoms with Gasteiger partial charge in [0.1, 0.15) is 18.1 Å². The van der Waals surface area contributed by atoms with Crippen molar-refractivity contribution >= 4 is 17.7 Å². The van der Waals surface area contributed by atoms with Gasteiger partial charge in [-0.1, -0.05) is 24.8 Å². The summed E-state index contributed by atoms with van der Waals surface area (Å²) in [6.07, 6.45) is 4.92. The van der Waals surface area contributed by atoms with Crippen molar-refractivity contribution in [3.05, 3.63) is 72.8 Å². The van der Waals surface area contributed by atoms with Crippen LogP contribution in [0.2, 0.25) is 0 Å². The van der Waals surface area contributed by atoms with E-state index in [2.05, 4.69) is 17.2 Å². The van der Waals surface area contributed by atoms with Crippen molar-refractivity contribution in [1.29, 1.82) is 0 Å². The first-order valence-corrected chi connectivity index (χ1v) is 8.00. The minimum Gasteiger partial charge on any atom is -0.508 e. The van der Waals surface area contributed by atoms with Gasteiger partial charge in [0, 0.05) is 24.9 Å². The van der Waals surface area contributed by atoms with E-state index in [1.54, 1.807) is 36.4 Å². The van der Waals surface area contributed by atoms with Crippen LogP contribution in [0.5, 0.6) is 11.5 Å². The van der Waals surface area contributed by atoms with Crippen molar-refractivity contribution in [1.82, 2.24) is 5.32 Å². The lowest BCUT2D eigenvalue weighted by atomic mass is 10.2. The molecule has 0 saturated carbocycles. The van der Waals surface area contributed by atoms with Crippen molar-refractivity contribution in [2.75, 3.05) is 25.0 Å². The SMILES string of the molecule is C=CCOc1cccc(/C=C/C(=O)NCCNc2ccc(O)cc2)c1. The van der Waals surface area contributed by atoms with Crippen molar-refractivity contribution < 1.29 is 14.6 Å². The average molecular weight is 338 g/mol. The van der Waals surface area contributed by atoms with Crippen LogP contribution >= 0.6 is 0 Å². The summed E-state index contributed by atoms with van der Waals surface area (Å²) in [6.45, 7) is 5.14. The quantitative estimate of drug-likeness (QED) is 0.284. The number of hydrogen-bond acceptors (Lipinski definition) is 4. The fourth-order valence-corrected chi connectivity index (χ4v) is 2.07. The van der Waals surface area contributed by atoms with Crippen molar-refractivity contribution in [3.63, 3.8) is 0 Å². The molecule has 130 valence electrons. The lowest BCUT2D eigenvalue weighted by molar-refractivity contribution is -0.116. The summed E-state index contributed by atoms with van der Waals surface area (Å²) in [6, 6.07) is 14.3. The van der Waals surface area contributed by atoms with E-state index in [-0.39, 0.29) is 11.7 Å². The minimum atomic E-state index is -0.162. The van der Waals surface area contributed by atoms with E-state index in [0.29, 0.717) is 19.7 Å². The second kappa shape index (κ2) is 9.82. The molecule has 0 unspecified atom stereocenters. The van der Waals surface area contributed by atoms with Gasteiger partial charge in [-0.3, -0.25) is 4.79 Å². The summed E-state index contributed by atoms with van der Waals surface area (Å²) in [7, 11) is 0. The number of phenols is 1. The molecule has 0 bridgehead atoms. The lowest BCUT2D eigenvalue weighted by Gasteiger charge is -2.07. The van der Waals surface area contributed by atoms with Gasteiger partial charge >= 0.3 is 0 Å². The normalized spacial score (nSPS) is 10.4. The molecule has 5 heteroatoms. The Balaban J connectivity index is 1.73. The van der Waals surface area contributed by atoms with Crippen molar-refractivity contribution in [2.45, 2.75) is 0 Å². The Hall–Kier alpha value is -3.21. The molecule has 25 heavy (non-hydrogen) atoms. The molecule has 2 aromatic carbocycles. The molecule has 0 radical (unpaired) electrons.